The van der Waals surface area contributed by atoms with E-state index in [9.17, 15) is 8.42 Å². The molecular formula is C9H19N3O3S. The summed E-state index contributed by atoms with van der Waals surface area (Å²) < 4.78 is 22.7. The first kappa shape index (κ1) is 13.2. The average Bonchev–Trinajstić information content (AvgIpc) is 2.73. The Hall–Kier alpha value is -0.820. The van der Waals surface area contributed by atoms with Crippen molar-refractivity contribution in [3.63, 3.8) is 0 Å². The average molecular weight is 249 g/mol. The van der Waals surface area contributed by atoms with Crippen LogP contribution in [0, 0.1) is 0 Å². The molecule has 0 aromatic heterocycles. The standard InChI is InChI=1S/C9H19N3O3S/c1-2-16(14,15)7-6-12-5-3-4-8(12)9(10)11-13/h8,13H,2-7H2,1H3,(H2,10,11). The molecule has 0 aromatic carbocycles. The molecule has 0 aromatic rings. The molecule has 6 nitrogen and oxygen atoms in total. The van der Waals surface area contributed by atoms with Gasteiger partial charge < -0.3 is 10.9 Å². The van der Waals surface area contributed by atoms with E-state index in [1.165, 1.54) is 0 Å². The first-order valence-electron chi connectivity index (χ1n) is 5.42. The van der Waals surface area contributed by atoms with E-state index in [-0.39, 0.29) is 23.4 Å². The number of amidine groups is 1. The highest BCUT2D eigenvalue weighted by molar-refractivity contribution is 7.91. The summed E-state index contributed by atoms with van der Waals surface area (Å²) in [7, 11) is -2.95. The topological polar surface area (TPSA) is 96.0 Å². The van der Waals surface area contributed by atoms with Crippen LogP contribution in [0.2, 0.25) is 0 Å². The van der Waals surface area contributed by atoms with Crippen LogP contribution in [0.3, 0.4) is 0 Å². The normalized spacial score (nSPS) is 23.8. The number of nitrogens with zero attached hydrogens (tertiary/aromatic N) is 2. The maximum Gasteiger partial charge on any atom is 0.156 e. The summed E-state index contributed by atoms with van der Waals surface area (Å²) in [5.41, 5.74) is 5.55. The van der Waals surface area contributed by atoms with Crippen LogP contribution in [0.4, 0.5) is 0 Å². The Balaban J connectivity index is 2.54. The van der Waals surface area contributed by atoms with E-state index in [0.717, 1.165) is 19.4 Å². The Morgan fingerprint density at radius 2 is 2.31 bits per heavy atom. The lowest BCUT2D eigenvalue weighted by Crippen LogP contribution is -2.42. The van der Waals surface area contributed by atoms with Crippen LogP contribution in [0.25, 0.3) is 0 Å². The molecule has 0 spiro atoms. The van der Waals surface area contributed by atoms with E-state index in [0.29, 0.717) is 6.54 Å². The van der Waals surface area contributed by atoms with E-state index in [1.54, 1.807) is 6.92 Å². The molecule has 0 bridgehead atoms. The third-order valence-electron chi connectivity index (χ3n) is 2.95. The number of hydrogen-bond donors (Lipinski definition) is 2. The van der Waals surface area contributed by atoms with Gasteiger partial charge in [0, 0.05) is 12.3 Å². The zero-order valence-corrected chi connectivity index (χ0v) is 10.3. The highest BCUT2D eigenvalue weighted by Gasteiger charge is 2.28. The molecule has 94 valence electrons. The largest absolute Gasteiger partial charge is 0.409 e. The predicted molar refractivity (Wildman–Crippen MR) is 62.3 cm³/mol. The highest BCUT2D eigenvalue weighted by Crippen LogP contribution is 2.17. The van der Waals surface area contributed by atoms with Crippen molar-refractivity contribution in [1.82, 2.24) is 4.90 Å². The number of rotatable bonds is 5. The van der Waals surface area contributed by atoms with Crippen molar-refractivity contribution >= 4 is 15.7 Å². The van der Waals surface area contributed by atoms with Crippen molar-refractivity contribution < 1.29 is 13.6 Å². The number of likely N-dealkylation sites (tertiary alicyclic amines) is 1. The monoisotopic (exact) mass is 249 g/mol. The highest BCUT2D eigenvalue weighted by atomic mass is 32.2. The van der Waals surface area contributed by atoms with Gasteiger partial charge in [-0.3, -0.25) is 4.90 Å². The molecule has 1 atom stereocenters. The molecule has 0 aliphatic carbocycles. The maximum absolute atomic E-state index is 11.4. The van der Waals surface area contributed by atoms with Gasteiger partial charge in [0.25, 0.3) is 0 Å². The molecule has 1 aliphatic heterocycles. The summed E-state index contributed by atoms with van der Waals surface area (Å²) in [6.07, 6.45) is 1.77. The molecule has 0 amide bonds. The van der Waals surface area contributed by atoms with Crippen molar-refractivity contribution in [2.24, 2.45) is 10.9 Å². The fraction of sp³-hybridized carbons (Fsp3) is 0.889. The molecule has 7 heteroatoms. The van der Waals surface area contributed by atoms with Crippen molar-refractivity contribution in [3.8, 4) is 0 Å². The Labute approximate surface area is 96.0 Å². The van der Waals surface area contributed by atoms with Crippen molar-refractivity contribution in [2.75, 3.05) is 24.6 Å². The minimum absolute atomic E-state index is 0.114. The maximum atomic E-state index is 11.4. The summed E-state index contributed by atoms with van der Waals surface area (Å²) in [6, 6.07) is -0.114. The van der Waals surface area contributed by atoms with Crippen LogP contribution in [0.5, 0.6) is 0 Å². The molecule has 1 heterocycles. The van der Waals surface area contributed by atoms with Crippen molar-refractivity contribution in [3.05, 3.63) is 0 Å². The summed E-state index contributed by atoms with van der Waals surface area (Å²) in [5, 5.41) is 11.6. The zero-order chi connectivity index (χ0) is 12.2. The number of oxime groups is 1. The first-order chi connectivity index (χ1) is 7.50. The van der Waals surface area contributed by atoms with E-state index < -0.39 is 9.84 Å². The summed E-state index contributed by atoms with van der Waals surface area (Å²) >= 11 is 0. The lowest BCUT2D eigenvalue weighted by atomic mass is 10.2. The molecule has 1 rings (SSSR count). The fourth-order valence-corrected chi connectivity index (χ4v) is 2.70. The van der Waals surface area contributed by atoms with Gasteiger partial charge in [-0.2, -0.15) is 0 Å². The molecule has 1 saturated heterocycles. The van der Waals surface area contributed by atoms with Gasteiger partial charge in [-0.15, -0.1) is 0 Å². The molecule has 1 aliphatic rings. The zero-order valence-electron chi connectivity index (χ0n) is 9.46. The Morgan fingerprint density at radius 3 is 2.88 bits per heavy atom. The quantitative estimate of drug-likeness (QED) is 0.300. The number of hydrogen-bond acceptors (Lipinski definition) is 5. The van der Waals surface area contributed by atoms with Crippen LogP contribution in [0.15, 0.2) is 5.16 Å². The van der Waals surface area contributed by atoms with E-state index in [1.807, 2.05) is 4.90 Å². The van der Waals surface area contributed by atoms with Gasteiger partial charge in [0.15, 0.2) is 15.7 Å². The SMILES string of the molecule is CCS(=O)(=O)CCN1CCCC1C(N)=NO. The lowest BCUT2D eigenvalue weighted by Gasteiger charge is -2.22. The Morgan fingerprint density at radius 1 is 1.62 bits per heavy atom. The smallest absolute Gasteiger partial charge is 0.156 e. The van der Waals surface area contributed by atoms with E-state index in [4.69, 9.17) is 10.9 Å². The number of nitrogens with two attached hydrogens (primary N) is 1. The van der Waals surface area contributed by atoms with Crippen molar-refractivity contribution in [2.45, 2.75) is 25.8 Å². The fourth-order valence-electron chi connectivity index (χ4n) is 1.90. The predicted octanol–water partition coefficient (Wildman–Crippen LogP) is -0.368. The van der Waals surface area contributed by atoms with E-state index >= 15 is 0 Å². The summed E-state index contributed by atoms with van der Waals surface area (Å²) in [4.78, 5) is 1.96. The second kappa shape index (κ2) is 5.49. The van der Waals surface area contributed by atoms with E-state index in [2.05, 4.69) is 5.16 Å². The summed E-state index contributed by atoms with van der Waals surface area (Å²) in [6.45, 7) is 2.90. The van der Waals surface area contributed by atoms with Crippen molar-refractivity contribution in [1.29, 1.82) is 0 Å². The first-order valence-corrected chi connectivity index (χ1v) is 7.24. The molecule has 0 saturated carbocycles. The molecule has 0 radical (unpaired) electrons. The van der Waals surface area contributed by atoms with Crippen LogP contribution >= 0.6 is 0 Å². The second-order valence-corrected chi connectivity index (χ2v) is 6.43. The molecule has 3 N–H and O–H groups in total. The molecule has 1 unspecified atom stereocenters. The van der Waals surface area contributed by atoms with Crippen LogP contribution in [-0.4, -0.2) is 55.0 Å². The molecular weight excluding hydrogens is 230 g/mol. The van der Waals surface area contributed by atoms with Crippen LogP contribution < -0.4 is 5.73 Å². The minimum atomic E-state index is -2.95. The van der Waals surface area contributed by atoms with Gasteiger partial charge in [0.05, 0.1) is 11.8 Å². The third-order valence-corrected chi connectivity index (χ3v) is 4.63. The van der Waals surface area contributed by atoms with Gasteiger partial charge in [-0.05, 0) is 19.4 Å². The minimum Gasteiger partial charge on any atom is -0.409 e. The lowest BCUT2D eigenvalue weighted by molar-refractivity contribution is 0.289. The Kier molecular flexibility index (Phi) is 4.55. The van der Waals surface area contributed by atoms with Gasteiger partial charge in [-0.1, -0.05) is 12.1 Å². The summed E-state index contributed by atoms with van der Waals surface area (Å²) in [5.74, 6) is 0.472. The van der Waals surface area contributed by atoms with Crippen LogP contribution in [-0.2, 0) is 9.84 Å². The molecule has 16 heavy (non-hydrogen) atoms. The van der Waals surface area contributed by atoms with Gasteiger partial charge >= 0.3 is 0 Å². The number of sulfone groups is 1. The third kappa shape index (κ3) is 3.34. The van der Waals surface area contributed by atoms with Gasteiger partial charge in [0.1, 0.15) is 0 Å². The second-order valence-electron chi connectivity index (χ2n) is 3.96. The van der Waals surface area contributed by atoms with Gasteiger partial charge in [-0.25, -0.2) is 8.42 Å². The van der Waals surface area contributed by atoms with Crippen LogP contribution in [0.1, 0.15) is 19.8 Å². The van der Waals surface area contributed by atoms with Gasteiger partial charge in [0.2, 0.25) is 0 Å². The Bertz CT molecular complexity index is 353. The molecule has 1 fully saturated rings.